The van der Waals surface area contributed by atoms with E-state index in [4.69, 9.17) is 0 Å². The number of pyridine rings is 1. The minimum Gasteiger partial charge on any atom is -0.345 e. The number of amides is 1. The molecule has 2 aromatic carbocycles. The predicted octanol–water partition coefficient (Wildman–Crippen LogP) is 4.42. The first kappa shape index (κ1) is 24.4. The quantitative estimate of drug-likeness (QED) is 0.361. The van der Waals surface area contributed by atoms with Crippen LogP contribution in [-0.2, 0) is 24.2 Å². The van der Waals surface area contributed by atoms with E-state index in [0.717, 1.165) is 27.9 Å². The summed E-state index contributed by atoms with van der Waals surface area (Å²) in [6, 6.07) is 19.1. The van der Waals surface area contributed by atoms with Gasteiger partial charge in [-0.1, -0.05) is 36.4 Å². The second-order valence-electron chi connectivity index (χ2n) is 8.60. The highest BCUT2D eigenvalue weighted by Gasteiger charge is 2.21. The smallest absolute Gasteiger partial charge is 0.253 e. The lowest BCUT2D eigenvalue weighted by Crippen LogP contribution is -2.39. The summed E-state index contributed by atoms with van der Waals surface area (Å²) in [5, 5.41) is 5.38. The Balaban J connectivity index is 1.61. The predicted molar refractivity (Wildman–Crippen MR) is 139 cm³/mol. The minimum atomic E-state index is -0.378. The first-order valence-electron chi connectivity index (χ1n) is 11.4. The lowest BCUT2D eigenvalue weighted by molar-refractivity contribution is -0.120. The number of nitrogens with zero attached hydrogens (tertiary/aromatic N) is 3. The van der Waals surface area contributed by atoms with Crippen molar-refractivity contribution in [3.05, 3.63) is 106 Å². The van der Waals surface area contributed by atoms with E-state index in [0.29, 0.717) is 18.5 Å². The van der Waals surface area contributed by atoms with Crippen LogP contribution < -0.4 is 5.32 Å². The van der Waals surface area contributed by atoms with Crippen LogP contribution in [-0.4, -0.2) is 46.7 Å². The minimum absolute atomic E-state index is 0.0687. The molecule has 0 spiro atoms. The van der Waals surface area contributed by atoms with Gasteiger partial charge in [0.15, 0.2) is 5.78 Å². The molecule has 178 valence electrons. The molecule has 0 bridgehead atoms. The standard InChI is InChI=1S/C28H28N4O2S/c1-32(2)28(34)24-13-21(12-23(16-24)22-8-10-29-11-9-22)15-27(33)26(14-20-6-4-3-5-7-20)30-17-25-18-35-19-31-25/h3-13,16,18-19,26,30H,14-15,17H2,1-2H3/t26-/m0/s1. The number of rotatable bonds is 10. The summed E-state index contributed by atoms with van der Waals surface area (Å²) >= 11 is 1.54. The molecule has 0 aliphatic heterocycles. The molecule has 2 aromatic heterocycles. The number of benzene rings is 2. The maximum absolute atomic E-state index is 13.6. The molecular formula is C28H28N4O2S. The highest BCUT2D eigenvalue weighted by molar-refractivity contribution is 7.07. The van der Waals surface area contributed by atoms with Gasteiger partial charge in [-0.05, 0) is 52.9 Å². The average Bonchev–Trinajstić information content (AvgIpc) is 3.40. The van der Waals surface area contributed by atoms with E-state index in [1.807, 2.05) is 66.0 Å². The molecule has 35 heavy (non-hydrogen) atoms. The van der Waals surface area contributed by atoms with E-state index in [1.54, 1.807) is 36.9 Å². The van der Waals surface area contributed by atoms with Crippen molar-refractivity contribution >= 4 is 23.0 Å². The number of aromatic nitrogens is 2. The number of hydrogen-bond donors (Lipinski definition) is 1. The summed E-state index contributed by atoms with van der Waals surface area (Å²) in [7, 11) is 3.45. The Morgan fingerprint density at radius 3 is 2.43 bits per heavy atom. The zero-order valence-corrected chi connectivity index (χ0v) is 20.7. The normalized spacial score (nSPS) is 11.7. The van der Waals surface area contributed by atoms with E-state index in [9.17, 15) is 9.59 Å². The molecule has 1 atom stereocenters. The van der Waals surface area contributed by atoms with Crippen molar-refractivity contribution < 1.29 is 9.59 Å². The fourth-order valence-corrected chi connectivity index (χ4v) is 4.47. The van der Waals surface area contributed by atoms with Gasteiger partial charge in [0.25, 0.3) is 5.91 Å². The summed E-state index contributed by atoms with van der Waals surface area (Å²) in [4.78, 5) is 36.3. The first-order valence-corrected chi connectivity index (χ1v) is 12.4. The molecule has 7 heteroatoms. The highest BCUT2D eigenvalue weighted by Crippen LogP contribution is 2.23. The van der Waals surface area contributed by atoms with Crippen LogP contribution in [0.5, 0.6) is 0 Å². The molecule has 0 unspecified atom stereocenters. The van der Waals surface area contributed by atoms with Crippen LogP contribution in [0, 0.1) is 0 Å². The Labute approximate surface area is 209 Å². The van der Waals surface area contributed by atoms with Gasteiger partial charge in [0.1, 0.15) is 0 Å². The number of carbonyl (C=O) groups is 2. The van der Waals surface area contributed by atoms with Gasteiger partial charge < -0.3 is 10.2 Å². The van der Waals surface area contributed by atoms with Crippen LogP contribution in [0.25, 0.3) is 11.1 Å². The summed E-state index contributed by atoms with van der Waals surface area (Å²) < 4.78 is 0. The maximum Gasteiger partial charge on any atom is 0.253 e. The third kappa shape index (κ3) is 6.68. The van der Waals surface area contributed by atoms with E-state index < -0.39 is 0 Å². The van der Waals surface area contributed by atoms with Crippen LogP contribution in [0.1, 0.15) is 27.2 Å². The molecule has 0 aliphatic rings. The monoisotopic (exact) mass is 484 g/mol. The van der Waals surface area contributed by atoms with Gasteiger partial charge in [0.05, 0.1) is 17.2 Å². The Bertz CT molecular complexity index is 1260. The van der Waals surface area contributed by atoms with Crippen LogP contribution in [0.4, 0.5) is 0 Å². The summed E-state index contributed by atoms with van der Waals surface area (Å²) in [6.07, 6.45) is 4.24. The second-order valence-corrected chi connectivity index (χ2v) is 9.32. The molecule has 0 aliphatic carbocycles. The fraction of sp³-hybridized carbons (Fsp3) is 0.214. The molecule has 0 saturated carbocycles. The van der Waals surface area contributed by atoms with Crippen LogP contribution >= 0.6 is 11.3 Å². The van der Waals surface area contributed by atoms with Crippen molar-refractivity contribution in [1.29, 1.82) is 0 Å². The van der Waals surface area contributed by atoms with Gasteiger partial charge in [0, 0.05) is 50.4 Å². The van der Waals surface area contributed by atoms with Gasteiger partial charge in [-0.25, -0.2) is 4.98 Å². The number of carbonyl (C=O) groups excluding carboxylic acids is 2. The Hall–Kier alpha value is -3.68. The molecule has 0 radical (unpaired) electrons. The van der Waals surface area contributed by atoms with E-state index in [2.05, 4.69) is 15.3 Å². The van der Waals surface area contributed by atoms with Crippen molar-refractivity contribution in [3.63, 3.8) is 0 Å². The van der Waals surface area contributed by atoms with Crippen LogP contribution in [0.15, 0.2) is 83.9 Å². The van der Waals surface area contributed by atoms with Crippen molar-refractivity contribution in [2.45, 2.75) is 25.4 Å². The summed E-state index contributed by atoms with van der Waals surface area (Å²) in [5.41, 5.74) is 7.00. The molecule has 0 fully saturated rings. The van der Waals surface area contributed by atoms with Gasteiger partial charge >= 0.3 is 0 Å². The molecule has 1 amide bonds. The Morgan fingerprint density at radius 2 is 1.74 bits per heavy atom. The second kappa shape index (κ2) is 11.6. The number of nitrogens with one attached hydrogen (secondary N) is 1. The van der Waals surface area contributed by atoms with E-state index >= 15 is 0 Å². The van der Waals surface area contributed by atoms with Crippen molar-refractivity contribution in [2.24, 2.45) is 0 Å². The molecule has 0 saturated heterocycles. The van der Waals surface area contributed by atoms with Gasteiger partial charge in [-0.3, -0.25) is 14.6 Å². The summed E-state index contributed by atoms with van der Waals surface area (Å²) in [5.74, 6) is -0.0312. The molecular weight excluding hydrogens is 456 g/mol. The van der Waals surface area contributed by atoms with Gasteiger partial charge in [-0.15, -0.1) is 11.3 Å². The lowest BCUT2D eigenvalue weighted by atomic mass is 9.94. The molecule has 1 N–H and O–H groups in total. The third-order valence-corrected chi connectivity index (χ3v) is 6.36. The molecule has 6 nitrogen and oxygen atoms in total. The molecule has 4 rings (SSSR count). The SMILES string of the molecule is CN(C)C(=O)c1cc(CC(=O)[C@H](Cc2ccccc2)NCc2cscn2)cc(-c2ccncc2)c1. The van der Waals surface area contributed by atoms with Crippen molar-refractivity contribution in [3.8, 4) is 11.1 Å². The lowest BCUT2D eigenvalue weighted by Gasteiger charge is -2.19. The molecule has 4 aromatic rings. The van der Waals surface area contributed by atoms with Crippen molar-refractivity contribution in [1.82, 2.24) is 20.2 Å². The largest absolute Gasteiger partial charge is 0.345 e. The van der Waals surface area contributed by atoms with E-state index in [1.165, 1.54) is 11.3 Å². The zero-order chi connectivity index (χ0) is 24.6. The number of Topliss-reactive ketones (excluding diaryl/α,β-unsaturated/α-hetero) is 1. The maximum atomic E-state index is 13.6. The topological polar surface area (TPSA) is 75.2 Å². The number of thiazole rings is 1. The fourth-order valence-electron chi connectivity index (χ4n) is 3.91. The first-order chi connectivity index (χ1) is 17.0. The van der Waals surface area contributed by atoms with Crippen LogP contribution in [0.2, 0.25) is 0 Å². The van der Waals surface area contributed by atoms with Gasteiger partial charge in [0.2, 0.25) is 0 Å². The summed E-state index contributed by atoms with van der Waals surface area (Å²) in [6.45, 7) is 0.522. The highest BCUT2D eigenvalue weighted by atomic mass is 32.1. The zero-order valence-electron chi connectivity index (χ0n) is 19.8. The van der Waals surface area contributed by atoms with Gasteiger partial charge in [-0.2, -0.15) is 0 Å². The third-order valence-electron chi connectivity index (χ3n) is 5.72. The Morgan fingerprint density at radius 1 is 0.971 bits per heavy atom. The Kier molecular flexibility index (Phi) is 8.13. The number of hydrogen-bond acceptors (Lipinski definition) is 6. The molecule has 2 heterocycles. The van der Waals surface area contributed by atoms with Crippen LogP contribution in [0.3, 0.4) is 0 Å². The van der Waals surface area contributed by atoms with Crippen molar-refractivity contribution in [2.75, 3.05) is 14.1 Å². The number of ketones is 1. The van der Waals surface area contributed by atoms with E-state index in [-0.39, 0.29) is 24.2 Å². The average molecular weight is 485 g/mol.